The molecule has 0 saturated carbocycles. The van der Waals surface area contributed by atoms with E-state index in [1.165, 1.54) is 10.5 Å². The fourth-order valence-corrected chi connectivity index (χ4v) is 4.18. The molecule has 2 aromatic carbocycles. The number of ether oxygens (including phenoxy) is 1. The first kappa shape index (κ1) is 18.7. The molecule has 1 spiro atoms. The molecule has 6 nitrogen and oxygen atoms in total. The van der Waals surface area contributed by atoms with E-state index in [1.54, 1.807) is 24.3 Å². The zero-order valence-corrected chi connectivity index (χ0v) is 15.7. The first-order valence-electron chi connectivity index (χ1n) is 9.61. The maximum Gasteiger partial charge on any atom is 0.328 e. The van der Waals surface area contributed by atoms with Crippen molar-refractivity contribution in [3.8, 4) is 0 Å². The number of rotatable bonds is 4. The molecular weight excluding hydrogens is 356 g/mol. The van der Waals surface area contributed by atoms with E-state index in [2.05, 4.69) is 17.0 Å². The number of piperidine rings is 1. The van der Waals surface area contributed by atoms with Gasteiger partial charge in [0.2, 0.25) is 0 Å². The molecule has 6 heteroatoms. The zero-order valence-electron chi connectivity index (χ0n) is 15.7. The van der Waals surface area contributed by atoms with E-state index in [9.17, 15) is 14.7 Å². The minimum absolute atomic E-state index is 0.0343. The van der Waals surface area contributed by atoms with Crippen LogP contribution < -0.4 is 0 Å². The second-order valence-corrected chi connectivity index (χ2v) is 7.41. The Balaban J connectivity index is 1.52. The summed E-state index contributed by atoms with van der Waals surface area (Å²) < 4.78 is 6.01. The van der Waals surface area contributed by atoms with Crippen molar-refractivity contribution in [1.82, 2.24) is 9.80 Å². The molecule has 28 heavy (non-hydrogen) atoms. The summed E-state index contributed by atoms with van der Waals surface area (Å²) in [7, 11) is 0. The Morgan fingerprint density at radius 2 is 1.61 bits per heavy atom. The van der Waals surface area contributed by atoms with Crippen LogP contribution in [0.4, 0.5) is 0 Å². The number of benzene rings is 2. The Hall–Kier alpha value is -2.70. The molecule has 1 amide bonds. The number of carboxylic acid groups (broad SMARTS) is 1. The van der Waals surface area contributed by atoms with Crippen molar-refractivity contribution < 1.29 is 19.4 Å². The molecule has 0 bridgehead atoms. The first-order valence-corrected chi connectivity index (χ1v) is 9.61. The van der Waals surface area contributed by atoms with Gasteiger partial charge in [-0.3, -0.25) is 14.6 Å². The number of hydrogen-bond donors (Lipinski definition) is 1. The molecule has 0 aliphatic carbocycles. The smallest absolute Gasteiger partial charge is 0.328 e. The highest BCUT2D eigenvalue weighted by molar-refractivity contribution is 5.97. The van der Waals surface area contributed by atoms with E-state index in [-0.39, 0.29) is 12.5 Å². The molecule has 1 atom stereocenters. The molecule has 1 N–H and O–H groups in total. The van der Waals surface area contributed by atoms with Crippen LogP contribution in [0.3, 0.4) is 0 Å². The van der Waals surface area contributed by atoms with E-state index in [0.29, 0.717) is 18.4 Å². The fourth-order valence-electron chi connectivity index (χ4n) is 4.18. The topological polar surface area (TPSA) is 70.1 Å². The van der Waals surface area contributed by atoms with Crippen LogP contribution in [0.15, 0.2) is 60.7 Å². The Morgan fingerprint density at radius 3 is 2.21 bits per heavy atom. The minimum Gasteiger partial charge on any atom is -0.480 e. The SMILES string of the molecule is O=C(O)[C@H]1COC2(CCN(Cc3ccccc3)CC2)N1C(=O)c1ccccc1. The van der Waals surface area contributed by atoms with Gasteiger partial charge in [0.05, 0.1) is 6.61 Å². The number of carbonyl (C=O) groups is 2. The summed E-state index contributed by atoms with van der Waals surface area (Å²) in [6.07, 6.45) is 1.20. The standard InChI is InChI=1S/C22H24N2O4/c25-20(18-9-5-2-6-10-18)24-19(21(26)27)16-28-22(24)11-13-23(14-12-22)15-17-7-3-1-4-8-17/h1-10,19H,11-16H2,(H,26,27)/t19-/m1/s1. The van der Waals surface area contributed by atoms with Crippen molar-refractivity contribution in [3.05, 3.63) is 71.8 Å². The molecular formula is C22H24N2O4. The highest BCUT2D eigenvalue weighted by Gasteiger charge is 2.53. The van der Waals surface area contributed by atoms with Crippen LogP contribution >= 0.6 is 0 Å². The van der Waals surface area contributed by atoms with Gasteiger partial charge in [-0.15, -0.1) is 0 Å². The lowest BCUT2D eigenvalue weighted by molar-refractivity contribution is -0.144. The highest BCUT2D eigenvalue weighted by atomic mass is 16.5. The molecule has 0 radical (unpaired) electrons. The Bertz CT molecular complexity index is 832. The van der Waals surface area contributed by atoms with Gasteiger partial charge in [0, 0.05) is 38.0 Å². The van der Waals surface area contributed by atoms with Gasteiger partial charge in [0.25, 0.3) is 5.91 Å². The van der Waals surface area contributed by atoms with Gasteiger partial charge < -0.3 is 9.84 Å². The van der Waals surface area contributed by atoms with Crippen LogP contribution in [-0.2, 0) is 16.1 Å². The molecule has 2 fully saturated rings. The molecule has 146 valence electrons. The average Bonchev–Trinajstić information content (AvgIpc) is 3.10. The van der Waals surface area contributed by atoms with Crippen LogP contribution in [0.1, 0.15) is 28.8 Å². The molecule has 0 unspecified atom stereocenters. The third-order valence-electron chi connectivity index (χ3n) is 5.67. The predicted molar refractivity (Wildman–Crippen MR) is 104 cm³/mol. The summed E-state index contributed by atoms with van der Waals surface area (Å²) in [4.78, 5) is 28.8. The van der Waals surface area contributed by atoms with Gasteiger partial charge in [-0.05, 0) is 17.7 Å². The van der Waals surface area contributed by atoms with Crippen molar-refractivity contribution in [2.45, 2.75) is 31.2 Å². The van der Waals surface area contributed by atoms with Crippen LogP contribution in [0.2, 0.25) is 0 Å². The molecule has 2 aliphatic rings. The van der Waals surface area contributed by atoms with Crippen molar-refractivity contribution in [2.75, 3.05) is 19.7 Å². The second kappa shape index (κ2) is 7.73. The van der Waals surface area contributed by atoms with E-state index in [1.807, 2.05) is 24.3 Å². The third-order valence-corrected chi connectivity index (χ3v) is 5.67. The second-order valence-electron chi connectivity index (χ2n) is 7.41. The molecule has 2 heterocycles. The molecule has 0 aromatic heterocycles. The van der Waals surface area contributed by atoms with Gasteiger partial charge in [-0.1, -0.05) is 48.5 Å². The summed E-state index contributed by atoms with van der Waals surface area (Å²) in [6, 6.07) is 18.2. The van der Waals surface area contributed by atoms with E-state index in [0.717, 1.165) is 19.6 Å². The van der Waals surface area contributed by atoms with Crippen molar-refractivity contribution in [3.63, 3.8) is 0 Å². The molecule has 2 aliphatic heterocycles. The number of nitrogens with zero attached hydrogens (tertiary/aromatic N) is 2. The van der Waals surface area contributed by atoms with Gasteiger partial charge in [0.1, 0.15) is 5.72 Å². The van der Waals surface area contributed by atoms with Gasteiger partial charge in [-0.25, -0.2) is 4.79 Å². The minimum atomic E-state index is -1.02. The van der Waals surface area contributed by atoms with Gasteiger partial charge in [-0.2, -0.15) is 0 Å². The van der Waals surface area contributed by atoms with E-state index < -0.39 is 17.7 Å². The highest BCUT2D eigenvalue weighted by Crippen LogP contribution is 2.38. The molecule has 4 rings (SSSR count). The maximum absolute atomic E-state index is 13.2. The Morgan fingerprint density at radius 1 is 1.00 bits per heavy atom. The van der Waals surface area contributed by atoms with Crippen LogP contribution in [0.5, 0.6) is 0 Å². The summed E-state index contributed by atoms with van der Waals surface area (Å²) >= 11 is 0. The lowest BCUT2D eigenvalue weighted by Gasteiger charge is -2.44. The average molecular weight is 380 g/mol. The zero-order chi connectivity index (χ0) is 19.6. The van der Waals surface area contributed by atoms with E-state index >= 15 is 0 Å². The number of carbonyl (C=O) groups excluding carboxylic acids is 1. The monoisotopic (exact) mass is 380 g/mol. The number of hydrogen-bond acceptors (Lipinski definition) is 4. The number of carboxylic acids is 1. The normalized spacial score (nSPS) is 21.7. The quantitative estimate of drug-likeness (QED) is 0.883. The van der Waals surface area contributed by atoms with Crippen molar-refractivity contribution in [2.24, 2.45) is 0 Å². The largest absolute Gasteiger partial charge is 0.480 e. The van der Waals surface area contributed by atoms with E-state index in [4.69, 9.17) is 4.74 Å². The summed E-state index contributed by atoms with van der Waals surface area (Å²) in [5, 5.41) is 9.66. The number of likely N-dealkylation sites (tertiary alicyclic amines) is 1. The summed E-state index contributed by atoms with van der Waals surface area (Å²) in [6.45, 7) is 2.37. The van der Waals surface area contributed by atoms with Crippen LogP contribution in [-0.4, -0.2) is 58.2 Å². The third kappa shape index (κ3) is 3.53. The lowest BCUT2D eigenvalue weighted by atomic mass is 9.96. The summed E-state index contributed by atoms with van der Waals surface area (Å²) in [5.74, 6) is -1.30. The van der Waals surface area contributed by atoms with Gasteiger partial charge in [0.15, 0.2) is 6.04 Å². The molecule has 2 aromatic rings. The Kier molecular flexibility index (Phi) is 5.15. The first-order chi connectivity index (χ1) is 13.6. The lowest BCUT2D eigenvalue weighted by Crippen LogP contribution is -2.58. The van der Waals surface area contributed by atoms with Crippen LogP contribution in [0, 0.1) is 0 Å². The number of amides is 1. The number of aliphatic carboxylic acids is 1. The van der Waals surface area contributed by atoms with Crippen LogP contribution in [0.25, 0.3) is 0 Å². The summed E-state index contributed by atoms with van der Waals surface area (Å²) in [5.41, 5.74) is 0.889. The van der Waals surface area contributed by atoms with Gasteiger partial charge >= 0.3 is 5.97 Å². The molecule has 2 saturated heterocycles. The predicted octanol–water partition coefficient (Wildman–Crippen LogP) is 2.60. The maximum atomic E-state index is 13.2. The Labute approximate surface area is 164 Å². The van der Waals surface area contributed by atoms with Crippen molar-refractivity contribution >= 4 is 11.9 Å². The fraction of sp³-hybridized carbons (Fsp3) is 0.364. The van der Waals surface area contributed by atoms with Crippen molar-refractivity contribution in [1.29, 1.82) is 0 Å².